The van der Waals surface area contributed by atoms with Crippen molar-refractivity contribution in [2.75, 3.05) is 18.6 Å². The molecule has 1 heterocycles. The normalized spacial score (nSPS) is 18.0. The monoisotopic (exact) mass is 247 g/mol. The van der Waals surface area contributed by atoms with Crippen LogP contribution in [-0.2, 0) is 16.0 Å². The molecule has 0 N–H and O–H groups in total. The molecular weight excluding hydrogens is 226 g/mol. The molecule has 3 nitrogen and oxygen atoms in total. The van der Waals surface area contributed by atoms with Gasteiger partial charge in [0.25, 0.3) is 0 Å². The van der Waals surface area contributed by atoms with Crippen molar-refractivity contribution >= 4 is 11.7 Å². The van der Waals surface area contributed by atoms with Crippen LogP contribution in [-0.4, -0.2) is 25.7 Å². The van der Waals surface area contributed by atoms with Crippen LogP contribution in [0.25, 0.3) is 0 Å². The van der Waals surface area contributed by atoms with E-state index in [1.165, 1.54) is 18.4 Å². The number of hydrogen-bond acceptors (Lipinski definition) is 3. The highest BCUT2D eigenvalue weighted by atomic mass is 16.5. The predicted octanol–water partition coefficient (Wildman–Crippen LogP) is 2.64. The fourth-order valence-corrected chi connectivity index (χ4v) is 2.67. The Kier molecular flexibility index (Phi) is 3.90. The second-order valence-corrected chi connectivity index (χ2v) is 5.16. The first-order chi connectivity index (χ1) is 8.63. The van der Waals surface area contributed by atoms with E-state index in [1.54, 1.807) is 0 Å². The molecule has 0 amide bonds. The summed E-state index contributed by atoms with van der Waals surface area (Å²) in [5.41, 5.74) is 2.67. The number of esters is 1. The van der Waals surface area contributed by atoms with Gasteiger partial charge < -0.3 is 9.64 Å². The summed E-state index contributed by atoms with van der Waals surface area (Å²) < 4.78 is 4.73. The maximum atomic E-state index is 11.3. The second kappa shape index (κ2) is 5.42. The van der Waals surface area contributed by atoms with Crippen molar-refractivity contribution in [3.63, 3.8) is 0 Å². The van der Waals surface area contributed by atoms with Crippen molar-refractivity contribution in [3.8, 4) is 0 Å². The van der Waals surface area contributed by atoms with Gasteiger partial charge in [0.2, 0.25) is 0 Å². The minimum absolute atomic E-state index is 0.137. The lowest BCUT2D eigenvalue weighted by atomic mass is 10.00. The highest BCUT2D eigenvalue weighted by molar-refractivity contribution is 5.70. The highest BCUT2D eigenvalue weighted by Crippen LogP contribution is 2.34. The Labute approximate surface area is 109 Å². The third-order valence-electron chi connectivity index (χ3n) is 3.68. The van der Waals surface area contributed by atoms with E-state index in [0.29, 0.717) is 18.4 Å². The zero-order valence-corrected chi connectivity index (χ0v) is 11.3. The lowest BCUT2D eigenvalue weighted by Gasteiger charge is -2.30. The van der Waals surface area contributed by atoms with Crippen molar-refractivity contribution in [1.29, 1.82) is 0 Å². The van der Waals surface area contributed by atoms with E-state index in [2.05, 4.69) is 43.0 Å². The molecule has 0 aromatic heterocycles. The van der Waals surface area contributed by atoms with Crippen LogP contribution in [0.5, 0.6) is 0 Å². The van der Waals surface area contributed by atoms with Crippen LogP contribution in [0, 0.1) is 5.92 Å². The molecule has 1 unspecified atom stereocenters. The Morgan fingerprint density at radius 1 is 1.44 bits per heavy atom. The number of hydrogen-bond donors (Lipinski definition) is 0. The molecule has 1 aliphatic rings. The Bertz CT molecular complexity index is 428. The van der Waals surface area contributed by atoms with Gasteiger partial charge in [0.15, 0.2) is 0 Å². The van der Waals surface area contributed by atoms with Crippen LogP contribution in [0.4, 0.5) is 5.69 Å². The number of para-hydroxylation sites is 1. The van der Waals surface area contributed by atoms with Gasteiger partial charge in [-0.3, -0.25) is 4.79 Å². The number of methoxy groups -OCH3 is 1. The average molecular weight is 247 g/mol. The van der Waals surface area contributed by atoms with Crippen LogP contribution in [0.2, 0.25) is 0 Å². The number of benzene rings is 1. The first-order valence-electron chi connectivity index (χ1n) is 6.55. The zero-order valence-electron chi connectivity index (χ0n) is 11.3. The Balaban J connectivity index is 2.15. The van der Waals surface area contributed by atoms with Gasteiger partial charge in [0.1, 0.15) is 0 Å². The molecule has 0 radical (unpaired) electrons. The molecule has 0 fully saturated rings. The van der Waals surface area contributed by atoms with Crippen molar-refractivity contribution in [2.24, 2.45) is 5.92 Å². The summed E-state index contributed by atoms with van der Waals surface area (Å²) in [4.78, 5) is 13.7. The van der Waals surface area contributed by atoms with Crippen LogP contribution in [0.3, 0.4) is 0 Å². The number of carbonyl (C=O) groups is 1. The molecule has 0 saturated heterocycles. The minimum Gasteiger partial charge on any atom is -0.469 e. The molecule has 98 valence electrons. The van der Waals surface area contributed by atoms with Crippen molar-refractivity contribution in [3.05, 3.63) is 29.8 Å². The summed E-state index contributed by atoms with van der Waals surface area (Å²) in [6, 6.07) is 8.97. The molecule has 18 heavy (non-hydrogen) atoms. The van der Waals surface area contributed by atoms with E-state index in [-0.39, 0.29) is 5.97 Å². The first-order valence-corrected chi connectivity index (χ1v) is 6.55. The lowest BCUT2D eigenvalue weighted by molar-refractivity contribution is -0.140. The highest BCUT2D eigenvalue weighted by Gasteiger charge is 2.30. The van der Waals surface area contributed by atoms with E-state index < -0.39 is 0 Å². The number of nitrogens with zero attached hydrogens (tertiary/aromatic N) is 1. The van der Waals surface area contributed by atoms with E-state index >= 15 is 0 Å². The predicted molar refractivity (Wildman–Crippen MR) is 72.8 cm³/mol. The van der Waals surface area contributed by atoms with Gasteiger partial charge >= 0.3 is 5.97 Å². The second-order valence-electron chi connectivity index (χ2n) is 5.16. The van der Waals surface area contributed by atoms with Crippen LogP contribution >= 0.6 is 0 Å². The summed E-state index contributed by atoms with van der Waals surface area (Å²) in [7, 11) is 1.44. The molecule has 1 aromatic rings. The molecule has 0 spiro atoms. The van der Waals surface area contributed by atoms with E-state index in [1.807, 2.05) is 0 Å². The fourth-order valence-electron chi connectivity index (χ4n) is 2.67. The molecule has 3 heteroatoms. The SMILES string of the molecule is COC(=O)CCN1c2ccccc2CC1C(C)C. The topological polar surface area (TPSA) is 29.5 Å². The third kappa shape index (κ3) is 2.50. The Morgan fingerprint density at radius 3 is 2.83 bits per heavy atom. The number of carbonyl (C=O) groups excluding carboxylic acids is 1. The first kappa shape index (κ1) is 12.9. The summed E-state index contributed by atoms with van der Waals surface area (Å²) in [6.07, 6.45) is 1.53. The maximum Gasteiger partial charge on any atom is 0.307 e. The molecule has 1 aromatic carbocycles. The van der Waals surface area contributed by atoms with Crippen LogP contribution in [0.1, 0.15) is 25.8 Å². The molecular formula is C15H21NO2. The standard InChI is InChI=1S/C15H21NO2/c1-11(2)14-10-12-6-4-5-7-13(12)16(14)9-8-15(17)18-3/h4-7,11,14H,8-10H2,1-3H3. The molecule has 0 bridgehead atoms. The van der Waals surface area contributed by atoms with Gasteiger partial charge in [0, 0.05) is 18.3 Å². The van der Waals surface area contributed by atoms with Crippen molar-refractivity contribution in [1.82, 2.24) is 0 Å². The largest absolute Gasteiger partial charge is 0.469 e. The lowest BCUT2D eigenvalue weighted by Crippen LogP contribution is -2.37. The molecule has 1 atom stereocenters. The van der Waals surface area contributed by atoms with E-state index in [9.17, 15) is 4.79 Å². The third-order valence-corrected chi connectivity index (χ3v) is 3.68. The number of fused-ring (bicyclic) bond motifs is 1. The van der Waals surface area contributed by atoms with Gasteiger partial charge in [-0.15, -0.1) is 0 Å². The number of rotatable bonds is 4. The number of ether oxygens (including phenoxy) is 1. The quantitative estimate of drug-likeness (QED) is 0.766. The summed E-state index contributed by atoms with van der Waals surface area (Å²) >= 11 is 0. The fraction of sp³-hybridized carbons (Fsp3) is 0.533. The van der Waals surface area contributed by atoms with Gasteiger partial charge in [0.05, 0.1) is 13.5 Å². The van der Waals surface area contributed by atoms with Crippen molar-refractivity contribution < 1.29 is 9.53 Å². The number of anilines is 1. The average Bonchev–Trinajstić information content (AvgIpc) is 2.75. The zero-order chi connectivity index (χ0) is 13.1. The summed E-state index contributed by atoms with van der Waals surface area (Å²) in [6.45, 7) is 5.22. The van der Waals surface area contributed by atoms with Crippen LogP contribution < -0.4 is 4.90 Å². The minimum atomic E-state index is -0.137. The summed E-state index contributed by atoms with van der Waals surface area (Å²) in [5.74, 6) is 0.442. The molecule has 0 saturated carbocycles. The molecule has 2 rings (SSSR count). The summed E-state index contributed by atoms with van der Waals surface area (Å²) in [5, 5.41) is 0. The Hall–Kier alpha value is -1.51. The van der Waals surface area contributed by atoms with Crippen LogP contribution in [0.15, 0.2) is 24.3 Å². The van der Waals surface area contributed by atoms with Crippen molar-refractivity contribution in [2.45, 2.75) is 32.7 Å². The van der Waals surface area contributed by atoms with Gasteiger partial charge in [-0.05, 0) is 24.0 Å². The van der Waals surface area contributed by atoms with Gasteiger partial charge in [-0.25, -0.2) is 0 Å². The smallest absolute Gasteiger partial charge is 0.307 e. The van der Waals surface area contributed by atoms with E-state index in [0.717, 1.165) is 13.0 Å². The van der Waals surface area contributed by atoms with Gasteiger partial charge in [-0.1, -0.05) is 32.0 Å². The van der Waals surface area contributed by atoms with Gasteiger partial charge in [-0.2, -0.15) is 0 Å². The molecule has 0 aliphatic carbocycles. The maximum absolute atomic E-state index is 11.3. The Morgan fingerprint density at radius 2 is 2.17 bits per heavy atom. The van der Waals surface area contributed by atoms with E-state index in [4.69, 9.17) is 4.74 Å². The molecule has 1 aliphatic heterocycles.